The summed E-state index contributed by atoms with van der Waals surface area (Å²) in [6.07, 6.45) is -3.50. The summed E-state index contributed by atoms with van der Waals surface area (Å²) in [7, 11) is 1.17. The van der Waals surface area contributed by atoms with Crippen molar-refractivity contribution in [1.29, 1.82) is 0 Å². The zero-order chi connectivity index (χ0) is 26.9. The quantitative estimate of drug-likeness (QED) is 0.187. The largest absolute Gasteiger partial charge is 0.466 e. The van der Waals surface area contributed by atoms with Gasteiger partial charge in [0, 0.05) is 5.57 Å². The molecule has 2 heterocycles. The molecule has 0 saturated carbocycles. The number of esters is 4. The molecule has 2 fully saturated rings. The lowest BCUT2D eigenvalue weighted by atomic mass is 9.80. The highest BCUT2D eigenvalue weighted by molar-refractivity contribution is 5.93. The smallest absolute Gasteiger partial charge is 0.341 e. The van der Waals surface area contributed by atoms with Gasteiger partial charge in [-0.2, -0.15) is 0 Å². The predicted octanol–water partition coefficient (Wildman–Crippen LogP) is 1.94. The molecular formula is C26H34O10. The molecule has 2 aliphatic heterocycles. The van der Waals surface area contributed by atoms with E-state index in [4.69, 9.17) is 23.7 Å². The topological polar surface area (TPSA) is 138 Å². The van der Waals surface area contributed by atoms with E-state index in [9.17, 15) is 24.3 Å². The highest BCUT2D eigenvalue weighted by Gasteiger charge is 2.60. The second kappa shape index (κ2) is 10.6. The van der Waals surface area contributed by atoms with Crippen molar-refractivity contribution < 1.29 is 48.0 Å². The van der Waals surface area contributed by atoms with Crippen molar-refractivity contribution in [3.05, 3.63) is 36.0 Å². The summed E-state index contributed by atoms with van der Waals surface area (Å²) in [5.74, 6) is -4.74. The summed E-state index contributed by atoms with van der Waals surface area (Å²) in [4.78, 5) is 51.6. The molecule has 3 aliphatic rings. The first kappa shape index (κ1) is 27.6. The maximum atomic E-state index is 13.1. The highest BCUT2D eigenvalue weighted by atomic mass is 16.7. The van der Waals surface area contributed by atoms with Gasteiger partial charge in [0.15, 0.2) is 17.8 Å². The maximum absolute atomic E-state index is 13.1. The van der Waals surface area contributed by atoms with Crippen LogP contribution in [0.5, 0.6) is 0 Å². The highest BCUT2D eigenvalue weighted by Crippen LogP contribution is 2.42. The van der Waals surface area contributed by atoms with E-state index >= 15 is 0 Å². The number of hydrogen-bond acceptors (Lipinski definition) is 10. The molecule has 0 aromatic heterocycles. The number of carbonyl (C=O) groups is 4. The van der Waals surface area contributed by atoms with Gasteiger partial charge in [-0.25, -0.2) is 14.4 Å². The molecule has 0 radical (unpaired) electrons. The van der Waals surface area contributed by atoms with E-state index in [0.717, 1.165) is 0 Å². The van der Waals surface area contributed by atoms with E-state index in [0.29, 0.717) is 12.0 Å². The number of carbonyl (C=O) groups excluding carboxylic acids is 4. The van der Waals surface area contributed by atoms with Crippen molar-refractivity contribution in [1.82, 2.24) is 0 Å². The monoisotopic (exact) mass is 506 g/mol. The molecule has 0 aromatic rings. The van der Waals surface area contributed by atoms with E-state index < -0.39 is 71.8 Å². The summed E-state index contributed by atoms with van der Waals surface area (Å²) in [5, 5.41) is 11.0. The molecule has 36 heavy (non-hydrogen) atoms. The average molecular weight is 507 g/mol. The fourth-order valence-electron chi connectivity index (χ4n) is 4.31. The minimum atomic E-state index is -1.50. The third-order valence-electron chi connectivity index (χ3n) is 7.25. The summed E-state index contributed by atoms with van der Waals surface area (Å²) in [6, 6.07) is 0. The van der Waals surface area contributed by atoms with Crippen LogP contribution in [0.15, 0.2) is 36.0 Å². The van der Waals surface area contributed by atoms with Crippen LogP contribution in [0.1, 0.15) is 47.0 Å². The van der Waals surface area contributed by atoms with Crippen molar-refractivity contribution in [3.63, 3.8) is 0 Å². The Balaban J connectivity index is 2.18. The number of methoxy groups -OCH3 is 1. The van der Waals surface area contributed by atoms with Gasteiger partial charge in [-0.05, 0) is 38.7 Å². The number of aliphatic hydroxyl groups is 1. The minimum Gasteiger partial charge on any atom is -0.466 e. The molecule has 8 atom stereocenters. The van der Waals surface area contributed by atoms with E-state index in [-0.39, 0.29) is 24.0 Å². The molecule has 0 amide bonds. The Kier molecular flexibility index (Phi) is 8.10. The first-order valence-corrected chi connectivity index (χ1v) is 12.0. The number of epoxide rings is 1. The zero-order valence-electron chi connectivity index (χ0n) is 21.3. The Morgan fingerprint density at radius 1 is 1.28 bits per heavy atom. The molecule has 1 aliphatic carbocycles. The molecule has 0 spiro atoms. The molecule has 8 unspecified atom stereocenters. The second-order valence-corrected chi connectivity index (χ2v) is 9.62. The molecular weight excluding hydrogens is 472 g/mol. The van der Waals surface area contributed by atoms with Crippen LogP contribution in [0, 0.1) is 11.8 Å². The van der Waals surface area contributed by atoms with Gasteiger partial charge in [0.05, 0.1) is 30.6 Å². The van der Waals surface area contributed by atoms with Crippen molar-refractivity contribution in [2.24, 2.45) is 11.8 Å². The van der Waals surface area contributed by atoms with Gasteiger partial charge in [0.1, 0.15) is 12.2 Å². The van der Waals surface area contributed by atoms with Crippen LogP contribution in [0.2, 0.25) is 0 Å². The van der Waals surface area contributed by atoms with E-state index in [2.05, 4.69) is 13.2 Å². The van der Waals surface area contributed by atoms with Crippen LogP contribution in [0.3, 0.4) is 0 Å². The second-order valence-electron chi connectivity index (χ2n) is 9.62. The van der Waals surface area contributed by atoms with Gasteiger partial charge < -0.3 is 28.8 Å². The molecule has 1 N–H and O–H groups in total. The van der Waals surface area contributed by atoms with Gasteiger partial charge in [-0.15, -0.1) is 0 Å². The van der Waals surface area contributed by atoms with Crippen LogP contribution in [0.25, 0.3) is 0 Å². The number of rotatable bonds is 6. The lowest BCUT2D eigenvalue weighted by Crippen LogP contribution is -2.50. The van der Waals surface area contributed by atoms with Gasteiger partial charge in [0.2, 0.25) is 0 Å². The lowest BCUT2D eigenvalue weighted by Gasteiger charge is -2.36. The molecule has 2 saturated heterocycles. The summed E-state index contributed by atoms with van der Waals surface area (Å²) >= 11 is 0. The van der Waals surface area contributed by atoms with Crippen molar-refractivity contribution in [3.8, 4) is 0 Å². The molecule has 0 bridgehead atoms. The van der Waals surface area contributed by atoms with Gasteiger partial charge in [0.25, 0.3) is 0 Å². The molecule has 3 rings (SSSR count). The summed E-state index contributed by atoms with van der Waals surface area (Å²) in [5.41, 5.74) is -1.08. The Morgan fingerprint density at radius 3 is 2.47 bits per heavy atom. The van der Waals surface area contributed by atoms with Crippen LogP contribution >= 0.6 is 0 Å². The standard InChI is InChI=1S/C26H34O10/c1-8-12(2)22(28)34-21-17-14(4)23(29)33-20(17)18(27)13(3)10-9-11-16(24(30)32-7)19(21)35-25(31)26(6)15(5)36-26/h11-12,15,17-21,27H,3-4,8-10H2,1-2,5-7H3. The third kappa shape index (κ3) is 5.10. The number of allylic oxidation sites excluding steroid dienone is 1. The van der Waals surface area contributed by atoms with E-state index in [1.807, 2.05) is 0 Å². The predicted molar refractivity (Wildman–Crippen MR) is 125 cm³/mol. The maximum Gasteiger partial charge on any atom is 0.341 e. The van der Waals surface area contributed by atoms with Gasteiger partial charge in [-0.1, -0.05) is 33.1 Å². The van der Waals surface area contributed by atoms with Gasteiger partial charge in [-0.3, -0.25) is 4.79 Å². The fraction of sp³-hybridized carbons (Fsp3) is 0.615. The first-order chi connectivity index (χ1) is 16.9. The van der Waals surface area contributed by atoms with Crippen LogP contribution in [-0.2, 0) is 42.9 Å². The lowest BCUT2D eigenvalue weighted by molar-refractivity contribution is -0.178. The minimum absolute atomic E-state index is 0.0835. The van der Waals surface area contributed by atoms with Crippen molar-refractivity contribution >= 4 is 23.9 Å². The molecule has 198 valence electrons. The Hall–Kier alpha value is -2.98. The Labute approximate surface area is 210 Å². The normalized spacial score (nSPS) is 35.1. The van der Waals surface area contributed by atoms with Crippen LogP contribution < -0.4 is 0 Å². The number of aliphatic hydroxyl groups excluding tert-OH is 1. The van der Waals surface area contributed by atoms with E-state index in [1.54, 1.807) is 27.7 Å². The molecule has 10 heteroatoms. The SMILES string of the molecule is C=C1CCC=C(C(=O)OC)C(OC(=O)C2(C)OC2C)C(OC(=O)C(C)CC)C2C(=C)C(=O)OC2C1O. The van der Waals surface area contributed by atoms with Crippen molar-refractivity contribution in [2.75, 3.05) is 7.11 Å². The van der Waals surface area contributed by atoms with Crippen LogP contribution in [0.4, 0.5) is 0 Å². The number of hydrogen-bond donors (Lipinski definition) is 1. The van der Waals surface area contributed by atoms with Gasteiger partial charge >= 0.3 is 23.9 Å². The summed E-state index contributed by atoms with van der Waals surface area (Å²) < 4.78 is 27.4. The van der Waals surface area contributed by atoms with E-state index in [1.165, 1.54) is 13.2 Å². The molecule has 10 nitrogen and oxygen atoms in total. The zero-order valence-corrected chi connectivity index (χ0v) is 21.3. The fourth-order valence-corrected chi connectivity index (χ4v) is 4.31. The van der Waals surface area contributed by atoms with Crippen molar-refractivity contribution in [2.45, 2.75) is 83.1 Å². The number of ether oxygens (including phenoxy) is 5. The Bertz CT molecular complexity index is 997. The third-order valence-corrected chi connectivity index (χ3v) is 7.25. The molecule has 0 aromatic carbocycles. The first-order valence-electron chi connectivity index (χ1n) is 12.0. The van der Waals surface area contributed by atoms with Crippen LogP contribution in [-0.4, -0.2) is 72.2 Å². The average Bonchev–Trinajstić information content (AvgIpc) is 3.37. The Morgan fingerprint density at radius 2 is 1.92 bits per heavy atom. The number of fused-ring (bicyclic) bond motifs is 1. The summed E-state index contributed by atoms with van der Waals surface area (Å²) in [6.45, 7) is 14.4.